The number of anilines is 2. The molecule has 7 nitrogen and oxygen atoms in total. The van der Waals surface area contributed by atoms with E-state index in [1.54, 1.807) is 11.2 Å². The van der Waals surface area contributed by atoms with Gasteiger partial charge in [0.1, 0.15) is 23.6 Å². The van der Waals surface area contributed by atoms with E-state index in [4.69, 9.17) is 4.74 Å². The number of aromatic nitrogens is 2. The largest absolute Gasteiger partial charge is 0.444 e. The van der Waals surface area contributed by atoms with Crippen molar-refractivity contribution in [3.05, 3.63) is 12.4 Å². The molecule has 1 aromatic rings. The highest BCUT2D eigenvalue weighted by Crippen LogP contribution is 2.25. The molecule has 2 heterocycles. The third-order valence-corrected chi connectivity index (χ3v) is 3.84. The first-order chi connectivity index (χ1) is 10.9. The van der Waals surface area contributed by atoms with Gasteiger partial charge in [0.25, 0.3) is 0 Å². The highest BCUT2D eigenvalue weighted by atomic mass is 16.6. The van der Waals surface area contributed by atoms with Crippen molar-refractivity contribution in [3.63, 3.8) is 0 Å². The zero-order valence-electron chi connectivity index (χ0n) is 14.1. The number of amides is 1. The molecule has 23 heavy (non-hydrogen) atoms. The molecule has 1 amide bonds. The number of nitrogens with one attached hydrogen (secondary N) is 1. The Kier molecular flexibility index (Phi) is 4.28. The molecule has 1 saturated carbocycles. The molecule has 2 aliphatic rings. The van der Waals surface area contributed by atoms with Gasteiger partial charge < -0.3 is 19.9 Å². The summed E-state index contributed by atoms with van der Waals surface area (Å²) in [5.41, 5.74) is -0.454. The van der Waals surface area contributed by atoms with Gasteiger partial charge in [-0.15, -0.1) is 0 Å². The lowest BCUT2D eigenvalue weighted by Crippen LogP contribution is -2.50. The summed E-state index contributed by atoms with van der Waals surface area (Å²) in [6, 6.07) is 2.56. The van der Waals surface area contributed by atoms with E-state index in [1.165, 1.54) is 12.8 Å². The van der Waals surface area contributed by atoms with E-state index < -0.39 is 5.60 Å². The van der Waals surface area contributed by atoms with E-state index in [1.807, 2.05) is 26.8 Å². The van der Waals surface area contributed by atoms with E-state index in [2.05, 4.69) is 20.2 Å². The highest BCUT2D eigenvalue weighted by molar-refractivity contribution is 5.68. The van der Waals surface area contributed by atoms with Crippen molar-refractivity contribution >= 4 is 17.7 Å². The summed E-state index contributed by atoms with van der Waals surface area (Å²) in [5, 5.41) is 3.39. The number of ether oxygens (including phenoxy) is 1. The third-order valence-electron chi connectivity index (χ3n) is 3.84. The van der Waals surface area contributed by atoms with Gasteiger partial charge in [-0.3, -0.25) is 0 Å². The summed E-state index contributed by atoms with van der Waals surface area (Å²) in [6.45, 7) is 8.44. The van der Waals surface area contributed by atoms with Gasteiger partial charge >= 0.3 is 6.09 Å². The summed E-state index contributed by atoms with van der Waals surface area (Å²) < 4.78 is 5.42. The van der Waals surface area contributed by atoms with Crippen LogP contribution < -0.4 is 10.2 Å². The Morgan fingerprint density at radius 3 is 2.52 bits per heavy atom. The Bertz CT molecular complexity index is 560. The minimum Gasteiger partial charge on any atom is -0.444 e. The molecule has 1 N–H and O–H groups in total. The summed E-state index contributed by atoms with van der Waals surface area (Å²) in [5.74, 6) is 1.79. The maximum absolute atomic E-state index is 12.1. The summed E-state index contributed by atoms with van der Waals surface area (Å²) in [6.07, 6.45) is 3.79. The molecule has 0 aromatic carbocycles. The third kappa shape index (κ3) is 4.46. The summed E-state index contributed by atoms with van der Waals surface area (Å²) >= 11 is 0. The fourth-order valence-electron chi connectivity index (χ4n) is 2.48. The Morgan fingerprint density at radius 1 is 1.22 bits per heavy atom. The van der Waals surface area contributed by atoms with Gasteiger partial charge in [-0.1, -0.05) is 0 Å². The van der Waals surface area contributed by atoms with Crippen LogP contribution >= 0.6 is 0 Å². The normalized spacial score (nSPS) is 18.7. The molecule has 1 aliphatic heterocycles. The second kappa shape index (κ2) is 6.22. The van der Waals surface area contributed by atoms with Crippen molar-refractivity contribution in [2.24, 2.45) is 0 Å². The molecule has 7 heteroatoms. The fraction of sp³-hybridized carbons (Fsp3) is 0.688. The molecule has 0 radical (unpaired) electrons. The van der Waals surface area contributed by atoms with Gasteiger partial charge in [0.05, 0.1) is 0 Å². The SMILES string of the molecule is CC(C)(C)OC(=O)N1CCN(c2cc(NC3CC3)ncn2)CC1. The van der Waals surface area contributed by atoms with Gasteiger partial charge in [0.2, 0.25) is 0 Å². The van der Waals surface area contributed by atoms with Gasteiger partial charge in [-0.05, 0) is 33.6 Å². The summed E-state index contributed by atoms with van der Waals surface area (Å²) in [4.78, 5) is 24.7. The smallest absolute Gasteiger partial charge is 0.410 e. The predicted molar refractivity (Wildman–Crippen MR) is 88.7 cm³/mol. The first kappa shape index (κ1) is 15.8. The lowest BCUT2D eigenvalue weighted by atomic mass is 10.2. The van der Waals surface area contributed by atoms with Crippen LogP contribution in [0, 0.1) is 0 Å². The van der Waals surface area contributed by atoms with Gasteiger partial charge in [0, 0.05) is 38.3 Å². The molecule has 0 spiro atoms. The average Bonchev–Trinajstić information content (AvgIpc) is 3.30. The molecule has 1 aliphatic carbocycles. The lowest BCUT2D eigenvalue weighted by molar-refractivity contribution is 0.0240. The van der Waals surface area contributed by atoms with Crippen molar-refractivity contribution in [1.29, 1.82) is 0 Å². The van der Waals surface area contributed by atoms with Crippen molar-refractivity contribution in [2.75, 3.05) is 36.4 Å². The number of hydrogen-bond donors (Lipinski definition) is 1. The molecule has 0 atom stereocenters. The monoisotopic (exact) mass is 319 g/mol. The summed E-state index contributed by atoms with van der Waals surface area (Å²) in [7, 11) is 0. The van der Waals surface area contributed by atoms with E-state index in [9.17, 15) is 4.79 Å². The average molecular weight is 319 g/mol. The lowest BCUT2D eigenvalue weighted by Gasteiger charge is -2.36. The zero-order valence-corrected chi connectivity index (χ0v) is 14.1. The second-order valence-corrected chi connectivity index (χ2v) is 7.13. The van der Waals surface area contributed by atoms with Crippen LogP contribution in [0.3, 0.4) is 0 Å². The van der Waals surface area contributed by atoms with Crippen LogP contribution in [-0.4, -0.2) is 58.8 Å². The first-order valence-electron chi connectivity index (χ1n) is 8.22. The molecule has 2 fully saturated rings. The molecule has 3 rings (SSSR count). The van der Waals surface area contributed by atoms with Crippen LogP contribution in [0.4, 0.5) is 16.4 Å². The van der Waals surface area contributed by atoms with Gasteiger partial charge in [-0.25, -0.2) is 14.8 Å². The minimum atomic E-state index is -0.454. The maximum atomic E-state index is 12.1. The van der Waals surface area contributed by atoms with Crippen molar-refractivity contribution in [2.45, 2.75) is 45.3 Å². The molecule has 0 unspecified atom stereocenters. The van der Waals surface area contributed by atoms with Crippen LogP contribution in [0.25, 0.3) is 0 Å². The van der Waals surface area contributed by atoms with Crippen LogP contribution in [0.5, 0.6) is 0 Å². The van der Waals surface area contributed by atoms with Crippen molar-refractivity contribution < 1.29 is 9.53 Å². The van der Waals surface area contributed by atoms with E-state index in [-0.39, 0.29) is 6.09 Å². The number of hydrogen-bond acceptors (Lipinski definition) is 6. The fourth-order valence-corrected chi connectivity index (χ4v) is 2.48. The first-order valence-corrected chi connectivity index (χ1v) is 8.22. The predicted octanol–water partition coefficient (Wildman–Crippen LogP) is 2.11. The maximum Gasteiger partial charge on any atom is 0.410 e. The van der Waals surface area contributed by atoms with Crippen LogP contribution in [-0.2, 0) is 4.74 Å². The molecule has 126 valence electrons. The molecular weight excluding hydrogens is 294 g/mol. The van der Waals surface area contributed by atoms with E-state index in [0.29, 0.717) is 19.1 Å². The van der Waals surface area contributed by atoms with Crippen LogP contribution in [0.2, 0.25) is 0 Å². The second-order valence-electron chi connectivity index (χ2n) is 7.13. The minimum absolute atomic E-state index is 0.240. The highest BCUT2D eigenvalue weighted by Gasteiger charge is 2.27. The molecule has 1 saturated heterocycles. The number of carbonyl (C=O) groups is 1. The number of carbonyl (C=O) groups excluding carboxylic acids is 1. The standard InChI is InChI=1S/C16H25N5O2/c1-16(2,3)23-15(22)21-8-6-20(7-9-21)14-10-13(17-11-18-14)19-12-4-5-12/h10-12H,4-9H2,1-3H3,(H,17,18,19). The molecule has 0 bridgehead atoms. The van der Waals surface area contributed by atoms with E-state index >= 15 is 0 Å². The Hall–Kier alpha value is -2.05. The molecular formula is C16H25N5O2. The Balaban J connectivity index is 1.55. The van der Waals surface area contributed by atoms with E-state index in [0.717, 1.165) is 24.7 Å². The number of nitrogens with zero attached hydrogens (tertiary/aromatic N) is 4. The number of piperazine rings is 1. The van der Waals surface area contributed by atoms with Crippen LogP contribution in [0.1, 0.15) is 33.6 Å². The molecule has 1 aromatic heterocycles. The quantitative estimate of drug-likeness (QED) is 0.920. The van der Waals surface area contributed by atoms with Gasteiger partial charge in [-0.2, -0.15) is 0 Å². The zero-order chi connectivity index (χ0) is 16.4. The number of rotatable bonds is 3. The Morgan fingerprint density at radius 2 is 1.91 bits per heavy atom. The Labute approximate surface area is 137 Å². The van der Waals surface area contributed by atoms with Crippen LogP contribution in [0.15, 0.2) is 12.4 Å². The van der Waals surface area contributed by atoms with Crippen molar-refractivity contribution in [1.82, 2.24) is 14.9 Å². The van der Waals surface area contributed by atoms with Gasteiger partial charge in [0.15, 0.2) is 0 Å². The van der Waals surface area contributed by atoms with Crippen molar-refractivity contribution in [3.8, 4) is 0 Å². The topological polar surface area (TPSA) is 70.6 Å².